The number of furan rings is 1. The minimum Gasteiger partial charge on any atom is -0.461 e. The van der Waals surface area contributed by atoms with Gasteiger partial charge >= 0.3 is 0 Å². The number of hydrogen-bond donors (Lipinski definition) is 1. The van der Waals surface area contributed by atoms with Crippen molar-refractivity contribution in [2.45, 2.75) is 19.4 Å². The molecule has 0 saturated carbocycles. The highest BCUT2D eigenvalue weighted by molar-refractivity contribution is 5.91. The van der Waals surface area contributed by atoms with Crippen LogP contribution in [0.3, 0.4) is 0 Å². The zero-order chi connectivity index (χ0) is 13.9. The van der Waals surface area contributed by atoms with Gasteiger partial charge < -0.3 is 14.3 Å². The van der Waals surface area contributed by atoms with Crippen molar-refractivity contribution in [3.05, 3.63) is 54.1 Å². The zero-order valence-corrected chi connectivity index (χ0v) is 11.0. The quantitative estimate of drug-likeness (QED) is 0.791. The van der Waals surface area contributed by atoms with Crippen LogP contribution in [0.25, 0.3) is 11.0 Å². The highest BCUT2D eigenvalue weighted by atomic mass is 16.5. The highest BCUT2D eigenvalue weighted by Gasteiger charge is 2.14. The molecule has 2 aromatic heterocycles. The molecule has 5 nitrogen and oxygen atoms in total. The van der Waals surface area contributed by atoms with Crippen molar-refractivity contribution in [3.63, 3.8) is 0 Å². The fourth-order valence-corrected chi connectivity index (χ4v) is 2.12. The Balaban J connectivity index is 1.66. The SMILES string of the molecule is C[C@H](Cc1cc2ccccc2o1)NC(=O)c1ccno1. The van der Waals surface area contributed by atoms with Crippen molar-refractivity contribution in [1.29, 1.82) is 0 Å². The Morgan fingerprint density at radius 3 is 2.95 bits per heavy atom. The van der Waals surface area contributed by atoms with Gasteiger partial charge in [0.1, 0.15) is 11.3 Å². The van der Waals surface area contributed by atoms with Gasteiger partial charge in [0.05, 0.1) is 6.20 Å². The summed E-state index contributed by atoms with van der Waals surface area (Å²) in [6, 6.07) is 11.3. The Bertz CT molecular complexity index is 683. The molecule has 0 aliphatic carbocycles. The van der Waals surface area contributed by atoms with Crippen LogP contribution in [0.1, 0.15) is 23.2 Å². The highest BCUT2D eigenvalue weighted by Crippen LogP contribution is 2.19. The van der Waals surface area contributed by atoms with Gasteiger partial charge in [-0.1, -0.05) is 23.4 Å². The number of carbonyl (C=O) groups is 1. The van der Waals surface area contributed by atoms with E-state index in [0.717, 1.165) is 16.7 Å². The lowest BCUT2D eigenvalue weighted by Crippen LogP contribution is -2.33. The average molecular weight is 270 g/mol. The summed E-state index contributed by atoms with van der Waals surface area (Å²) < 4.78 is 10.5. The molecule has 0 radical (unpaired) electrons. The minimum atomic E-state index is -0.272. The van der Waals surface area contributed by atoms with Gasteiger partial charge in [-0.15, -0.1) is 0 Å². The molecular formula is C15H14N2O3. The predicted octanol–water partition coefficient (Wildman–Crippen LogP) is 2.78. The van der Waals surface area contributed by atoms with Gasteiger partial charge in [-0.3, -0.25) is 4.79 Å². The molecule has 2 heterocycles. The summed E-state index contributed by atoms with van der Waals surface area (Å²) in [5.41, 5.74) is 0.858. The molecule has 1 aromatic carbocycles. The third-order valence-corrected chi connectivity index (χ3v) is 3.02. The molecule has 1 amide bonds. The average Bonchev–Trinajstić information content (AvgIpc) is 3.07. The molecule has 0 spiro atoms. The molecule has 0 saturated heterocycles. The van der Waals surface area contributed by atoms with Crippen molar-refractivity contribution in [2.24, 2.45) is 0 Å². The largest absolute Gasteiger partial charge is 0.461 e. The summed E-state index contributed by atoms with van der Waals surface area (Å²) in [6.45, 7) is 1.92. The van der Waals surface area contributed by atoms with Crippen LogP contribution in [-0.2, 0) is 6.42 Å². The van der Waals surface area contributed by atoms with Gasteiger partial charge in [-0.05, 0) is 19.1 Å². The van der Waals surface area contributed by atoms with Gasteiger partial charge in [0, 0.05) is 23.9 Å². The van der Waals surface area contributed by atoms with E-state index in [-0.39, 0.29) is 17.7 Å². The predicted molar refractivity (Wildman–Crippen MR) is 73.3 cm³/mol. The molecule has 0 aliphatic heterocycles. The molecule has 3 aromatic rings. The van der Waals surface area contributed by atoms with Gasteiger partial charge in [0.15, 0.2) is 0 Å². The third-order valence-electron chi connectivity index (χ3n) is 3.02. The maximum absolute atomic E-state index is 11.8. The van der Waals surface area contributed by atoms with E-state index in [0.29, 0.717) is 6.42 Å². The van der Waals surface area contributed by atoms with E-state index in [1.807, 2.05) is 37.3 Å². The number of nitrogens with one attached hydrogen (secondary N) is 1. The minimum absolute atomic E-state index is 0.0619. The van der Waals surface area contributed by atoms with E-state index in [1.54, 1.807) is 0 Å². The summed E-state index contributed by atoms with van der Waals surface area (Å²) in [6.07, 6.45) is 2.06. The smallest absolute Gasteiger partial charge is 0.290 e. The lowest BCUT2D eigenvalue weighted by molar-refractivity contribution is 0.0902. The van der Waals surface area contributed by atoms with E-state index in [4.69, 9.17) is 8.94 Å². The van der Waals surface area contributed by atoms with E-state index in [1.165, 1.54) is 12.3 Å². The summed E-state index contributed by atoms with van der Waals surface area (Å²) in [4.78, 5) is 11.8. The van der Waals surface area contributed by atoms with Crippen LogP contribution >= 0.6 is 0 Å². The standard InChI is InChI=1S/C15H14N2O3/c1-10(17-15(18)14-6-7-16-20-14)8-12-9-11-4-2-3-5-13(11)19-12/h2-7,9-10H,8H2,1H3,(H,17,18)/t10-/m1/s1. The first kappa shape index (κ1) is 12.5. The molecule has 3 rings (SSSR count). The Hall–Kier alpha value is -2.56. The van der Waals surface area contributed by atoms with Crippen LogP contribution in [0.5, 0.6) is 0 Å². The monoisotopic (exact) mass is 270 g/mol. The molecule has 0 unspecified atom stereocenters. The number of hydrogen-bond acceptors (Lipinski definition) is 4. The van der Waals surface area contributed by atoms with Crippen molar-refractivity contribution < 1.29 is 13.7 Å². The Labute approximate surface area is 115 Å². The van der Waals surface area contributed by atoms with Crippen molar-refractivity contribution in [2.75, 3.05) is 0 Å². The second-order valence-corrected chi connectivity index (χ2v) is 4.71. The first-order valence-electron chi connectivity index (χ1n) is 6.41. The van der Waals surface area contributed by atoms with Gasteiger partial charge in [0.25, 0.3) is 5.91 Å². The van der Waals surface area contributed by atoms with Crippen molar-refractivity contribution in [1.82, 2.24) is 10.5 Å². The summed E-state index contributed by atoms with van der Waals surface area (Å²) in [7, 11) is 0. The number of carbonyl (C=O) groups excluding carboxylic acids is 1. The van der Waals surface area contributed by atoms with Crippen molar-refractivity contribution >= 4 is 16.9 Å². The molecule has 0 bridgehead atoms. The topological polar surface area (TPSA) is 68.3 Å². The molecule has 1 N–H and O–H groups in total. The maximum atomic E-state index is 11.8. The molecule has 0 fully saturated rings. The van der Waals surface area contributed by atoms with E-state index >= 15 is 0 Å². The second-order valence-electron chi connectivity index (χ2n) is 4.71. The van der Waals surface area contributed by atoms with Crippen LogP contribution in [0.15, 0.2) is 51.5 Å². The fraction of sp³-hybridized carbons (Fsp3) is 0.200. The van der Waals surface area contributed by atoms with Crippen LogP contribution in [0, 0.1) is 0 Å². The number of fused-ring (bicyclic) bond motifs is 1. The number of amides is 1. The molecule has 102 valence electrons. The normalized spacial score (nSPS) is 12.4. The summed E-state index contributed by atoms with van der Waals surface area (Å²) in [5, 5.41) is 7.42. The molecule has 20 heavy (non-hydrogen) atoms. The Kier molecular flexibility index (Phi) is 3.25. The number of para-hydroxylation sites is 1. The third kappa shape index (κ3) is 2.56. The number of rotatable bonds is 4. The van der Waals surface area contributed by atoms with Crippen LogP contribution < -0.4 is 5.32 Å². The fourth-order valence-electron chi connectivity index (χ4n) is 2.12. The molecular weight excluding hydrogens is 256 g/mol. The van der Waals surface area contributed by atoms with Crippen LogP contribution in [-0.4, -0.2) is 17.1 Å². The Morgan fingerprint density at radius 2 is 2.20 bits per heavy atom. The van der Waals surface area contributed by atoms with E-state index in [9.17, 15) is 4.79 Å². The number of benzene rings is 1. The molecule has 5 heteroatoms. The molecule has 1 atom stereocenters. The first-order valence-corrected chi connectivity index (χ1v) is 6.41. The van der Waals surface area contributed by atoms with Crippen molar-refractivity contribution in [3.8, 4) is 0 Å². The van der Waals surface area contributed by atoms with Gasteiger partial charge in [-0.2, -0.15) is 0 Å². The van der Waals surface area contributed by atoms with E-state index in [2.05, 4.69) is 10.5 Å². The summed E-state index contributed by atoms with van der Waals surface area (Å²) in [5.74, 6) is 0.782. The van der Waals surface area contributed by atoms with E-state index < -0.39 is 0 Å². The summed E-state index contributed by atoms with van der Waals surface area (Å²) >= 11 is 0. The first-order chi connectivity index (χ1) is 9.72. The number of aromatic nitrogens is 1. The number of nitrogens with zero attached hydrogens (tertiary/aromatic N) is 1. The lowest BCUT2D eigenvalue weighted by Gasteiger charge is -2.10. The van der Waals surface area contributed by atoms with Gasteiger partial charge in [0.2, 0.25) is 5.76 Å². The van der Waals surface area contributed by atoms with Gasteiger partial charge in [-0.25, -0.2) is 0 Å². The van der Waals surface area contributed by atoms with Crippen LogP contribution in [0.2, 0.25) is 0 Å². The lowest BCUT2D eigenvalue weighted by atomic mass is 10.1. The second kappa shape index (κ2) is 5.21. The van der Waals surface area contributed by atoms with Crippen LogP contribution in [0.4, 0.5) is 0 Å². The Morgan fingerprint density at radius 1 is 1.35 bits per heavy atom. The zero-order valence-electron chi connectivity index (χ0n) is 11.0. The maximum Gasteiger partial charge on any atom is 0.290 e. The molecule has 0 aliphatic rings.